The average molecular weight is 202 g/mol. The number of hydrogen-bond acceptors (Lipinski definition) is 2. The van der Waals surface area contributed by atoms with Gasteiger partial charge in [0, 0.05) is 18.3 Å². The van der Waals surface area contributed by atoms with E-state index in [1.165, 1.54) is 0 Å². The van der Waals surface area contributed by atoms with E-state index in [2.05, 4.69) is 6.92 Å². The number of anilines is 1. The molecule has 0 unspecified atom stereocenters. The average Bonchev–Trinajstić information content (AvgIpc) is 2.61. The zero-order chi connectivity index (χ0) is 10.8. The first-order chi connectivity index (χ1) is 7.20. The van der Waals surface area contributed by atoms with E-state index in [9.17, 15) is 5.11 Å². The molecule has 0 saturated carbocycles. The van der Waals surface area contributed by atoms with Gasteiger partial charge in [-0.2, -0.15) is 0 Å². The summed E-state index contributed by atoms with van der Waals surface area (Å²) in [7, 11) is 0. The van der Waals surface area contributed by atoms with Gasteiger partial charge in [0.05, 0.1) is 0 Å². The van der Waals surface area contributed by atoms with Gasteiger partial charge in [0.15, 0.2) is 0 Å². The van der Waals surface area contributed by atoms with Gasteiger partial charge in [-0.1, -0.05) is 12.1 Å². The first-order valence-corrected chi connectivity index (χ1v) is 4.95. The van der Waals surface area contributed by atoms with Crippen LogP contribution in [0.3, 0.4) is 0 Å². The lowest BCUT2D eigenvalue weighted by atomic mass is 10.1. The Kier molecular flexibility index (Phi) is 2.37. The third-order valence-electron chi connectivity index (χ3n) is 2.47. The fraction of sp³-hybridized carbons (Fsp3) is 0.167. The van der Waals surface area contributed by atoms with Crippen molar-refractivity contribution in [2.75, 3.05) is 5.73 Å². The fourth-order valence-corrected chi connectivity index (χ4v) is 1.61. The largest absolute Gasteiger partial charge is 0.508 e. The highest BCUT2D eigenvalue weighted by molar-refractivity contribution is 5.67. The lowest BCUT2D eigenvalue weighted by Gasteiger charge is -1.98. The molecule has 0 aliphatic carbocycles. The van der Waals surface area contributed by atoms with Crippen LogP contribution >= 0.6 is 0 Å². The Labute approximate surface area is 88.8 Å². The molecular weight excluding hydrogens is 188 g/mol. The maximum absolute atomic E-state index is 9.18. The Morgan fingerprint density at radius 3 is 2.40 bits per heavy atom. The van der Waals surface area contributed by atoms with Crippen molar-refractivity contribution in [1.29, 1.82) is 0 Å². The van der Waals surface area contributed by atoms with Crippen LogP contribution in [-0.4, -0.2) is 9.67 Å². The molecule has 0 aliphatic heterocycles. The Hall–Kier alpha value is -1.90. The minimum atomic E-state index is 0.279. The summed E-state index contributed by atoms with van der Waals surface area (Å²) in [5.74, 6) is 1.04. The molecule has 1 heterocycles. The summed E-state index contributed by atoms with van der Waals surface area (Å²) in [5.41, 5.74) is 7.97. The molecule has 0 atom stereocenters. The quantitative estimate of drug-likeness (QED) is 0.786. The number of benzene rings is 1. The van der Waals surface area contributed by atoms with Crippen LogP contribution in [0.25, 0.3) is 11.1 Å². The Bertz CT molecular complexity index is 457. The van der Waals surface area contributed by atoms with E-state index in [4.69, 9.17) is 5.73 Å². The van der Waals surface area contributed by atoms with Crippen LogP contribution in [0.2, 0.25) is 0 Å². The van der Waals surface area contributed by atoms with Crippen molar-refractivity contribution in [2.24, 2.45) is 0 Å². The number of nitrogens with zero attached hydrogens (tertiary/aromatic N) is 1. The van der Waals surface area contributed by atoms with Gasteiger partial charge >= 0.3 is 0 Å². The lowest BCUT2D eigenvalue weighted by Crippen LogP contribution is -1.97. The molecule has 0 amide bonds. The van der Waals surface area contributed by atoms with E-state index in [0.29, 0.717) is 0 Å². The Morgan fingerprint density at radius 1 is 1.20 bits per heavy atom. The maximum atomic E-state index is 9.18. The predicted molar refractivity (Wildman–Crippen MR) is 61.6 cm³/mol. The Morgan fingerprint density at radius 2 is 1.87 bits per heavy atom. The molecule has 0 aliphatic rings. The van der Waals surface area contributed by atoms with Crippen molar-refractivity contribution in [3.8, 4) is 16.9 Å². The number of rotatable bonds is 2. The molecule has 0 fully saturated rings. The SMILES string of the molecule is CCn1cc(-c2ccc(O)cc2)cc1N. The van der Waals surface area contributed by atoms with Crippen molar-refractivity contribution in [3.05, 3.63) is 36.5 Å². The lowest BCUT2D eigenvalue weighted by molar-refractivity contribution is 0.475. The number of phenols is 1. The minimum absolute atomic E-state index is 0.279. The summed E-state index contributed by atoms with van der Waals surface area (Å²) < 4.78 is 1.99. The number of aryl methyl sites for hydroxylation is 1. The van der Waals surface area contributed by atoms with Crippen LogP contribution in [0.1, 0.15) is 6.92 Å². The summed E-state index contributed by atoms with van der Waals surface area (Å²) in [6.45, 7) is 2.92. The smallest absolute Gasteiger partial charge is 0.115 e. The number of nitrogen functional groups attached to an aromatic ring is 1. The molecule has 1 aromatic carbocycles. The molecule has 78 valence electrons. The van der Waals surface area contributed by atoms with Crippen LogP contribution in [-0.2, 0) is 6.54 Å². The maximum Gasteiger partial charge on any atom is 0.115 e. The molecule has 0 bridgehead atoms. The number of phenolic OH excluding ortho intramolecular Hbond substituents is 1. The van der Waals surface area contributed by atoms with Crippen LogP contribution in [0, 0.1) is 0 Å². The van der Waals surface area contributed by atoms with Gasteiger partial charge in [-0.15, -0.1) is 0 Å². The molecule has 0 radical (unpaired) electrons. The van der Waals surface area contributed by atoms with E-state index in [-0.39, 0.29) is 5.75 Å². The van der Waals surface area contributed by atoms with Crippen LogP contribution in [0.5, 0.6) is 5.75 Å². The molecule has 2 aromatic rings. The highest BCUT2D eigenvalue weighted by atomic mass is 16.3. The van der Waals surface area contributed by atoms with E-state index < -0.39 is 0 Å². The molecule has 15 heavy (non-hydrogen) atoms. The predicted octanol–water partition coefficient (Wildman–Crippen LogP) is 2.46. The second-order valence-electron chi connectivity index (χ2n) is 3.49. The van der Waals surface area contributed by atoms with Crippen molar-refractivity contribution in [2.45, 2.75) is 13.5 Å². The van der Waals surface area contributed by atoms with Crippen LogP contribution < -0.4 is 5.73 Å². The van der Waals surface area contributed by atoms with E-state index in [1.807, 2.05) is 29.0 Å². The van der Waals surface area contributed by atoms with Gasteiger partial charge in [-0.25, -0.2) is 0 Å². The molecule has 0 spiro atoms. The van der Waals surface area contributed by atoms with E-state index >= 15 is 0 Å². The number of aromatic hydroxyl groups is 1. The van der Waals surface area contributed by atoms with Gasteiger partial charge < -0.3 is 15.4 Å². The van der Waals surface area contributed by atoms with Gasteiger partial charge in [0.25, 0.3) is 0 Å². The normalized spacial score (nSPS) is 10.5. The zero-order valence-corrected chi connectivity index (χ0v) is 8.64. The molecule has 1 aromatic heterocycles. The third-order valence-corrected chi connectivity index (χ3v) is 2.47. The molecule has 3 nitrogen and oxygen atoms in total. The van der Waals surface area contributed by atoms with Crippen LogP contribution in [0.15, 0.2) is 36.5 Å². The van der Waals surface area contributed by atoms with Gasteiger partial charge in [-0.05, 0) is 30.7 Å². The molecule has 3 N–H and O–H groups in total. The van der Waals surface area contributed by atoms with Crippen molar-refractivity contribution >= 4 is 5.82 Å². The van der Waals surface area contributed by atoms with E-state index in [1.54, 1.807) is 12.1 Å². The zero-order valence-electron chi connectivity index (χ0n) is 8.64. The summed E-state index contributed by atoms with van der Waals surface area (Å²) in [5, 5.41) is 9.18. The minimum Gasteiger partial charge on any atom is -0.508 e. The topological polar surface area (TPSA) is 51.2 Å². The van der Waals surface area contributed by atoms with Gasteiger partial charge in [0.1, 0.15) is 11.6 Å². The monoisotopic (exact) mass is 202 g/mol. The molecule has 0 saturated heterocycles. The molecule has 2 rings (SSSR count). The highest BCUT2D eigenvalue weighted by Crippen LogP contribution is 2.25. The third kappa shape index (κ3) is 1.81. The van der Waals surface area contributed by atoms with Gasteiger partial charge in [-0.3, -0.25) is 0 Å². The Balaban J connectivity index is 2.41. The van der Waals surface area contributed by atoms with Gasteiger partial charge in [0.2, 0.25) is 0 Å². The highest BCUT2D eigenvalue weighted by Gasteiger charge is 2.03. The summed E-state index contributed by atoms with van der Waals surface area (Å²) >= 11 is 0. The molecule has 3 heteroatoms. The van der Waals surface area contributed by atoms with Crippen molar-refractivity contribution in [1.82, 2.24) is 4.57 Å². The van der Waals surface area contributed by atoms with Crippen LogP contribution in [0.4, 0.5) is 5.82 Å². The second-order valence-corrected chi connectivity index (χ2v) is 3.49. The fourth-order valence-electron chi connectivity index (χ4n) is 1.61. The molecular formula is C12H14N2O. The number of nitrogens with two attached hydrogens (primary N) is 1. The van der Waals surface area contributed by atoms with Crippen molar-refractivity contribution < 1.29 is 5.11 Å². The standard InChI is InChI=1S/C12H14N2O/c1-2-14-8-10(7-12(14)13)9-3-5-11(15)6-4-9/h3-8,15H,2,13H2,1H3. The van der Waals surface area contributed by atoms with Crippen molar-refractivity contribution in [3.63, 3.8) is 0 Å². The summed E-state index contributed by atoms with van der Waals surface area (Å²) in [4.78, 5) is 0. The number of aromatic nitrogens is 1. The first-order valence-electron chi connectivity index (χ1n) is 4.95. The first kappa shape index (κ1) is 9.65. The van der Waals surface area contributed by atoms with E-state index in [0.717, 1.165) is 23.5 Å². The second kappa shape index (κ2) is 3.69. The summed E-state index contributed by atoms with van der Waals surface area (Å²) in [6.07, 6.45) is 2.02. The number of hydrogen-bond donors (Lipinski definition) is 2. The summed E-state index contributed by atoms with van der Waals surface area (Å²) in [6, 6.07) is 9.05.